The van der Waals surface area contributed by atoms with Crippen molar-refractivity contribution in [1.29, 1.82) is 0 Å². The number of rotatable bonds is 3. The number of hydrogen-bond acceptors (Lipinski definition) is 3. The number of aldehydes is 1. The summed E-state index contributed by atoms with van der Waals surface area (Å²) < 4.78 is 5.26. The standard InChI is InChI=1S/C16H29NO3/c1-14(2,3)20-13(19)17-16(6,11-18)12-7-9-15(4,5)10-8-12/h11-12H,7-10H2,1-6H3,(H,17,19). The Labute approximate surface area is 122 Å². The van der Waals surface area contributed by atoms with Crippen LogP contribution in [0.25, 0.3) is 0 Å². The quantitative estimate of drug-likeness (QED) is 0.804. The van der Waals surface area contributed by atoms with Gasteiger partial charge in [-0.3, -0.25) is 0 Å². The Morgan fingerprint density at radius 3 is 2.10 bits per heavy atom. The lowest BCUT2D eigenvalue weighted by Gasteiger charge is -2.41. The predicted molar refractivity (Wildman–Crippen MR) is 79.6 cm³/mol. The molecule has 0 bridgehead atoms. The van der Waals surface area contributed by atoms with Gasteiger partial charge in [0.15, 0.2) is 0 Å². The first kappa shape index (κ1) is 17.0. The number of ether oxygens (including phenoxy) is 1. The lowest BCUT2D eigenvalue weighted by Crippen LogP contribution is -2.55. The molecule has 1 saturated carbocycles. The van der Waals surface area contributed by atoms with Crippen LogP contribution in [-0.2, 0) is 9.53 Å². The van der Waals surface area contributed by atoms with Gasteiger partial charge in [0.05, 0.1) is 5.54 Å². The van der Waals surface area contributed by atoms with Gasteiger partial charge in [-0.15, -0.1) is 0 Å². The van der Waals surface area contributed by atoms with Crippen molar-refractivity contribution in [3.63, 3.8) is 0 Å². The topological polar surface area (TPSA) is 55.4 Å². The third-order valence-electron chi connectivity index (χ3n) is 4.20. The molecule has 0 heterocycles. The number of alkyl carbamates (subject to hydrolysis) is 1. The van der Waals surface area contributed by atoms with Crippen molar-refractivity contribution in [2.24, 2.45) is 11.3 Å². The van der Waals surface area contributed by atoms with Crippen molar-refractivity contribution < 1.29 is 14.3 Å². The van der Waals surface area contributed by atoms with E-state index in [1.54, 1.807) is 6.92 Å². The maximum Gasteiger partial charge on any atom is 0.408 e. The van der Waals surface area contributed by atoms with Crippen molar-refractivity contribution in [2.45, 2.75) is 78.4 Å². The smallest absolute Gasteiger partial charge is 0.408 e. The van der Waals surface area contributed by atoms with Gasteiger partial charge >= 0.3 is 6.09 Å². The Morgan fingerprint density at radius 2 is 1.70 bits per heavy atom. The molecule has 20 heavy (non-hydrogen) atoms. The van der Waals surface area contributed by atoms with Gasteiger partial charge in [-0.05, 0) is 64.7 Å². The Kier molecular flexibility index (Phi) is 4.88. The average molecular weight is 283 g/mol. The molecular formula is C16H29NO3. The maximum absolute atomic E-state index is 11.9. The summed E-state index contributed by atoms with van der Waals surface area (Å²) in [6, 6.07) is 0. The van der Waals surface area contributed by atoms with Crippen LogP contribution in [0.2, 0.25) is 0 Å². The monoisotopic (exact) mass is 283 g/mol. The van der Waals surface area contributed by atoms with Crippen molar-refractivity contribution in [1.82, 2.24) is 5.32 Å². The second kappa shape index (κ2) is 5.74. The Hall–Kier alpha value is -1.06. The first-order chi connectivity index (χ1) is 8.97. The molecule has 1 unspecified atom stereocenters. The van der Waals surface area contributed by atoms with Crippen molar-refractivity contribution >= 4 is 12.4 Å². The minimum absolute atomic E-state index is 0.181. The van der Waals surface area contributed by atoms with Crippen LogP contribution >= 0.6 is 0 Å². The molecule has 1 fully saturated rings. The zero-order valence-corrected chi connectivity index (χ0v) is 13.7. The summed E-state index contributed by atoms with van der Waals surface area (Å²) in [6.07, 6.45) is 4.42. The fourth-order valence-corrected chi connectivity index (χ4v) is 2.75. The van der Waals surface area contributed by atoms with Gasteiger partial charge in [-0.2, -0.15) is 0 Å². The normalized spacial score (nSPS) is 22.7. The average Bonchev–Trinajstić information content (AvgIpc) is 2.25. The molecule has 0 aromatic rings. The SMILES string of the molecule is CC1(C)CCC(C(C)(C=O)NC(=O)OC(C)(C)C)CC1. The van der Waals surface area contributed by atoms with E-state index in [4.69, 9.17) is 4.74 Å². The predicted octanol–water partition coefficient (Wildman–Crippen LogP) is 3.69. The molecule has 0 spiro atoms. The lowest BCUT2D eigenvalue weighted by atomic mass is 9.67. The molecule has 0 aromatic heterocycles. The summed E-state index contributed by atoms with van der Waals surface area (Å²) in [5.74, 6) is 0.181. The first-order valence-electron chi connectivity index (χ1n) is 7.45. The number of nitrogens with one attached hydrogen (secondary N) is 1. The summed E-state index contributed by atoms with van der Waals surface area (Å²) in [5, 5.41) is 2.77. The Bertz CT molecular complexity index is 360. The summed E-state index contributed by atoms with van der Waals surface area (Å²) in [5.41, 5.74) is -1.05. The van der Waals surface area contributed by atoms with Gasteiger partial charge in [0.2, 0.25) is 0 Å². The van der Waals surface area contributed by atoms with Gasteiger partial charge < -0.3 is 14.8 Å². The molecule has 0 saturated heterocycles. The highest BCUT2D eigenvalue weighted by molar-refractivity contribution is 5.76. The van der Waals surface area contributed by atoms with Crippen molar-refractivity contribution in [2.75, 3.05) is 0 Å². The third kappa shape index (κ3) is 4.80. The van der Waals surface area contributed by atoms with Gasteiger partial charge in [0.25, 0.3) is 0 Å². The van der Waals surface area contributed by atoms with E-state index in [1.165, 1.54) is 0 Å². The van der Waals surface area contributed by atoms with Gasteiger partial charge in [0, 0.05) is 0 Å². The van der Waals surface area contributed by atoms with E-state index in [2.05, 4.69) is 19.2 Å². The van der Waals surface area contributed by atoms with Crippen LogP contribution in [0.3, 0.4) is 0 Å². The van der Waals surface area contributed by atoms with Crippen LogP contribution in [0.5, 0.6) is 0 Å². The van der Waals surface area contributed by atoms with E-state index < -0.39 is 17.2 Å². The summed E-state index contributed by atoms with van der Waals surface area (Å²) in [4.78, 5) is 23.4. The van der Waals surface area contributed by atoms with Crippen LogP contribution in [-0.4, -0.2) is 23.5 Å². The molecular weight excluding hydrogens is 254 g/mol. The first-order valence-corrected chi connectivity index (χ1v) is 7.45. The highest BCUT2D eigenvalue weighted by atomic mass is 16.6. The number of amides is 1. The van der Waals surface area contributed by atoms with Crippen LogP contribution in [0, 0.1) is 11.3 Å². The fraction of sp³-hybridized carbons (Fsp3) is 0.875. The minimum atomic E-state index is -0.834. The van der Waals surface area contributed by atoms with E-state index in [9.17, 15) is 9.59 Å². The molecule has 1 atom stereocenters. The van der Waals surface area contributed by atoms with Gasteiger partial charge in [0.1, 0.15) is 11.9 Å². The molecule has 1 N–H and O–H groups in total. The summed E-state index contributed by atoms with van der Waals surface area (Å²) >= 11 is 0. The number of hydrogen-bond donors (Lipinski definition) is 1. The highest BCUT2D eigenvalue weighted by Gasteiger charge is 2.40. The second-order valence-corrected chi connectivity index (χ2v) is 7.97. The van der Waals surface area contributed by atoms with E-state index in [0.29, 0.717) is 5.41 Å². The Morgan fingerprint density at radius 1 is 1.20 bits per heavy atom. The van der Waals surface area contributed by atoms with Gasteiger partial charge in [-0.25, -0.2) is 4.79 Å². The van der Waals surface area contributed by atoms with E-state index in [-0.39, 0.29) is 5.92 Å². The Balaban J connectivity index is 2.68. The third-order valence-corrected chi connectivity index (χ3v) is 4.20. The molecule has 1 aliphatic carbocycles. The molecule has 0 aromatic carbocycles. The lowest BCUT2D eigenvalue weighted by molar-refractivity contribution is -0.115. The maximum atomic E-state index is 11.9. The summed E-state index contributed by atoms with van der Waals surface area (Å²) in [6.45, 7) is 11.7. The van der Waals surface area contributed by atoms with E-state index in [0.717, 1.165) is 32.0 Å². The highest BCUT2D eigenvalue weighted by Crippen LogP contribution is 2.41. The number of carbonyl (C=O) groups is 2. The fourth-order valence-electron chi connectivity index (χ4n) is 2.75. The largest absolute Gasteiger partial charge is 0.444 e. The van der Waals surface area contributed by atoms with E-state index in [1.807, 2.05) is 20.8 Å². The van der Waals surface area contributed by atoms with Crippen LogP contribution < -0.4 is 5.32 Å². The second-order valence-electron chi connectivity index (χ2n) is 7.97. The molecule has 1 amide bonds. The molecule has 4 heteroatoms. The van der Waals surface area contributed by atoms with Crippen LogP contribution in [0.1, 0.15) is 67.2 Å². The van der Waals surface area contributed by atoms with E-state index >= 15 is 0 Å². The minimum Gasteiger partial charge on any atom is -0.444 e. The van der Waals surface area contributed by atoms with Crippen molar-refractivity contribution in [3.05, 3.63) is 0 Å². The molecule has 0 aliphatic heterocycles. The summed E-state index contributed by atoms with van der Waals surface area (Å²) in [7, 11) is 0. The van der Waals surface area contributed by atoms with Gasteiger partial charge in [-0.1, -0.05) is 13.8 Å². The van der Waals surface area contributed by atoms with Crippen molar-refractivity contribution in [3.8, 4) is 0 Å². The zero-order valence-electron chi connectivity index (χ0n) is 13.7. The number of carbonyl (C=O) groups excluding carboxylic acids is 2. The molecule has 0 radical (unpaired) electrons. The molecule has 1 rings (SSSR count). The van der Waals surface area contributed by atoms with Crippen LogP contribution in [0.15, 0.2) is 0 Å². The van der Waals surface area contributed by atoms with Crippen LogP contribution in [0.4, 0.5) is 4.79 Å². The molecule has 1 aliphatic rings. The molecule has 4 nitrogen and oxygen atoms in total. The zero-order chi connectivity index (χ0) is 15.6. The molecule has 116 valence electrons.